The van der Waals surface area contributed by atoms with Crippen LogP contribution in [0.15, 0.2) is 0 Å². The summed E-state index contributed by atoms with van der Waals surface area (Å²) in [6.45, 7) is -1.32. The maximum atomic E-state index is 10.2. The van der Waals surface area contributed by atoms with Crippen LogP contribution < -0.4 is 109 Å². The van der Waals surface area contributed by atoms with Crippen LogP contribution in [-0.2, 0) is 14.4 Å². The van der Waals surface area contributed by atoms with Crippen LogP contribution in [0.4, 0.5) is 0 Å². The number of rotatable bonds is 9. The van der Waals surface area contributed by atoms with Gasteiger partial charge in [0.1, 0.15) is 0 Å². The van der Waals surface area contributed by atoms with Crippen LogP contribution in [0.1, 0.15) is 0 Å². The van der Waals surface area contributed by atoms with Crippen molar-refractivity contribution in [2.24, 2.45) is 0 Å². The Hall–Kier alpha value is 1.33. The van der Waals surface area contributed by atoms with E-state index in [0.717, 1.165) is 4.90 Å². The zero-order valence-electron chi connectivity index (χ0n) is 11.4. The van der Waals surface area contributed by atoms with Crippen molar-refractivity contribution in [1.82, 2.24) is 10.2 Å². The monoisotopic (exact) mass is 300 g/mol. The average molecular weight is 300 g/mol. The van der Waals surface area contributed by atoms with Crippen LogP contribution in [0.5, 0.6) is 0 Å². The topological polar surface area (TPSA) is 136 Å². The Bertz CT molecular complexity index is 263. The third-order valence-electron chi connectivity index (χ3n) is 1.58. The normalized spacial score (nSPS) is 8.68. The predicted octanol–water partition coefficient (Wildman–Crippen LogP) is -14.9. The van der Waals surface area contributed by atoms with E-state index in [4.69, 9.17) is 0 Å². The van der Waals surface area contributed by atoms with E-state index in [-0.39, 0.29) is 108 Å². The van der Waals surface area contributed by atoms with Crippen molar-refractivity contribution < 1.29 is 118 Å². The molecule has 0 unspecified atom stereocenters. The van der Waals surface area contributed by atoms with Crippen molar-refractivity contribution in [3.8, 4) is 0 Å². The Balaban J connectivity index is -0.000000375. The molecule has 0 bridgehead atoms. The zero-order chi connectivity index (χ0) is 12.6. The van der Waals surface area contributed by atoms with E-state index in [9.17, 15) is 29.7 Å². The van der Waals surface area contributed by atoms with Crippen molar-refractivity contribution in [1.29, 1.82) is 0 Å². The fraction of sp³-hybridized carbons (Fsp3) is 0.625. The van der Waals surface area contributed by atoms with E-state index in [1.54, 1.807) is 0 Å². The van der Waals surface area contributed by atoms with Crippen molar-refractivity contribution in [3.05, 3.63) is 0 Å². The molecule has 0 spiro atoms. The fourth-order valence-electron chi connectivity index (χ4n) is 1.01. The van der Waals surface area contributed by atoms with E-state index in [1.165, 1.54) is 0 Å². The van der Waals surface area contributed by atoms with Gasteiger partial charge < -0.3 is 35.0 Å². The molecule has 0 aromatic heterocycles. The van der Waals surface area contributed by atoms with E-state index >= 15 is 0 Å². The molecule has 92 valence electrons. The fourth-order valence-corrected chi connectivity index (χ4v) is 1.01. The SMILES string of the molecule is O=C([O-])CNCCN(CC(=O)[O-])CC(=O)[O-].[Na+].[Na+].[Na+]. The van der Waals surface area contributed by atoms with Gasteiger partial charge in [-0.3, -0.25) is 4.90 Å². The Kier molecular flexibility index (Phi) is 26.1. The van der Waals surface area contributed by atoms with Crippen molar-refractivity contribution >= 4 is 17.9 Å². The quantitative estimate of drug-likeness (QED) is 0.327. The summed E-state index contributed by atoms with van der Waals surface area (Å²) < 4.78 is 0. The first kappa shape index (κ1) is 28.5. The molecule has 0 aromatic rings. The minimum Gasteiger partial charge on any atom is -0.549 e. The first-order chi connectivity index (χ1) is 7.41. The molecule has 19 heavy (non-hydrogen) atoms. The van der Waals surface area contributed by atoms with Gasteiger partial charge in [0.15, 0.2) is 0 Å². The number of carboxylic acid groups (broad SMARTS) is 3. The van der Waals surface area contributed by atoms with Gasteiger partial charge in [-0.05, 0) is 0 Å². The van der Waals surface area contributed by atoms with Gasteiger partial charge in [-0.1, -0.05) is 0 Å². The van der Waals surface area contributed by atoms with E-state index in [1.807, 2.05) is 0 Å². The van der Waals surface area contributed by atoms with Crippen LogP contribution in [0.2, 0.25) is 0 Å². The summed E-state index contributed by atoms with van der Waals surface area (Å²) in [5.41, 5.74) is 0. The van der Waals surface area contributed by atoms with Gasteiger partial charge in [-0.2, -0.15) is 0 Å². The Morgan fingerprint density at radius 3 is 1.58 bits per heavy atom. The third-order valence-corrected chi connectivity index (χ3v) is 1.58. The number of hydrogen-bond acceptors (Lipinski definition) is 8. The molecular weight excluding hydrogens is 289 g/mol. The number of nitrogens with zero attached hydrogens (tertiary/aromatic N) is 1. The van der Waals surface area contributed by atoms with Crippen LogP contribution in [0.3, 0.4) is 0 Å². The number of aliphatic carboxylic acids is 3. The maximum absolute atomic E-state index is 10.2. The summed E-state index contributed by atoms with van der Waals surface area (Å²) in [4.78, 5) is 31.5. The molecule has 0 heterocycles. The second-order valence-electron chi connectivity index (χ2n) is 3.00. The van der Waals surface area contributed by atoms with Crippen molar-refractivity contribution in [2.75, 3.05) is 32.7 Å². The molecule has 0 saturated heterocycles. The van der Waals surface area contributed by atoms with Crippen LogP contribution in [-0.4, -0.2) is 55.5 Å². The minimum atomic E-state index is -1.42. The van der Waals surface area contributed by atoms with E-state index in [0.29, 0.717) is 0 Å². The first-order valence-corrected chi connectivity index (χ1v) is 4.44. The zero-order valence-corrected chi connectivity index (χ0v) is 17.4. The summed E-state index contributed by atoms with van der Waals surface area (Å²) in [7, 11) is 0. The molecule has 0 aliphatic rings. The second kappa shape index (κ2) is 17.4. The minimum absolute atomic E-state index is 0. The Labute approximate surface area is 177 Å². The van der Waals surface area contributed by atoms with E-state index < -0.39 is 31.0 Å². The predicted molar refractivity (Wildman–Crippen MR) is 44.3 cm³/mol. The smallest absolute Gasteiger partial charge is 0.549 e. The number of carboxylic acids is 3. The first-order valence-electron chi connectivity index (χ1n) is 4.44. The molecule has 0 aromatic carbocycles. The number of carbonyl (C=O) groups is 3. The second-order valence-corrected chi connectivity index (χ2v) is 3.00. The number of nitrogens with one attached hydrogen (secondary N) is 1. The van der Waals surface area contributed by atoms with E-state index in [2.05, 4.69) is 5.32 Å². The van der Waals surface area contributed by atoms with Gasteiger partial charge in [0.25, 0.3) is 0 Å². The molecule has 1 N–H and O–H groups in total. The van der Waals surface area contributed by atoms with Gasteiger partial charge in [0, 0.05) is 32.7 Å². The Morgan fingerprint density at radius 2 is 1.26 bits per heavy atom. The summed E-state index contributed by atoms with van der Waals surface area (Å²) in [6, 6.07) is 0. The molecular formula is C8H11N2Na3O6. The summed E-state index contributed by atoms with van der Waals surface area (Å²) >= 11 is 0. The summed E-state index contributed by atoms with van der Waals surface area (Å²) in [5, 5.41) is 32.9. The van der Waals surface area contributed by atoms with Gasteiger partial charge in [0.05, 0.1) is 17.9 Å². The summed E-state index contributed by atoms with van der Waals surface area (Å²) in [6.07, 6.45) is 0. The van der Waals surface area contributed by atoms with Crippen LogP contribution in [0.25, 0.3) is 0 Å². The molecule has 0 saturated carbocycles. The standard InChI is InChI=1S/C8H14N2O6.3Na/c11-6(12)3-9-1-2-10(4-7(13)14)5-8(15)16;;;/h9H,1-5H2,(H,11,12)(H,13,14)(H,15,16);;;/q;3*+1/p-3. The molecule has 0 rings (SSSR count). The molecule has 8 nitrogen and oxygen atoms in total. The largest absolute Gasteiger partial charge is 1.00 e. The molecule has 0 aliphatic heterocycles. The van der Waals surface area contributed by atoms with Crippen LogP contribution in [0, 0.1) is 0 Å². The molecule has 0 atom stereocenters. The summed E-state index contributed by atoms with van der Waals surface area (Å²) in [5.74, 6) is -4.13. The number of carbonyl (C=O) groups excluding carboxylic acids is 3. The molecule has 0 amide bonds. The average Bonchev–Trinajstić information content (AvgIpc) is 2.09. The van der Waals surface area contributed by atoms with Crippen LogP contribution >= 0.6 is 0 Å². The van der Waals surface area contributed by atoms with Gasteiger partial charge in [-0.25, -0.2) is 0 Å². The molecule has 0 radical (unpaired) electrons. The maximum Gasteiger partial charge on any atom is 1.00 e. The third kappa shape index (κ3) is 21.8. The van der Waals surface area contributed by atoms with Crippen molar-refractivity contribution in [3.63, 3.8) is 0 Å². The van der Waals surface area contributed by atoms with Gasteiger partial charge in [0.2, 0.25) is 0 Å². The van der Waals surface area contributed by atoms with Gasteiger partial charge in [-0.15, -0.1) is 0 Å². The molecule has 0 fully saturated rings. The van der Waals surface area contributed by atoms with Gasteiger partial charge >= 0.3 is 88.7 Å². The van der Waals surface area contributed by atoms with Crippen molar-refractivity contribution in [2.45, 2.75) is 0 Å². The Morgan fingerprint density at radius 1 is 0.842 bits per heavy atom. The molecule has 0 aliphatic carbocycles. The molecule has 11 heteroatoms. The number of hydrogen-bond donors (Lipinski definition) is 1.